The summed E-state index contributed by atoms with van der Waals surface area (Å²) in [6.07, 6.45) is 6.14. The number of nitrogens with one attached hydrogen (secondary N) is 1. The Morgan fingerprint density at radius 1 is 1.08 bits per heavy atom. The Bertz CT molecular complexity index is 1200. The molecule has 0 aromatic heterocycles. The van der Waals surface area contributed by atoms with Crippen LogP contribution in [0.3, 0.4) is 0 Å². The summed E-state index contributed by atoms with van der Waals surface area (Å²) in [6.45, 7) is 3.07. The van der Waals surface area contributed by atoms with E-state index in [4.69, 9.17) is 23.2 Å². The molecule has 0 heterocycles. The van der Waals surface area contributed by atoms with Gasteiger partial charge in [0.05, 0.1) is 11.9 Å². The van der Waals surface area contributed by atoms with E-state index in [0.29, 0.717) is 21.3 Å². The van der Waals surface area contributed by atoms with E-state index >= 15 is 0 Å². The lowest BCUT2D eigenvalue weighted by molar-refractivity contribution is -0.139. The minimum absolute atomic E-state index is 0.0273. The summed E-state index contributed by atoms with van der Waals surface area (Å²) in [5.74, 6) is -0.791. The van der Waals surface area contributed by atoms with E-state index in [0.717, 1.165) is 48.2 Å². The molecule has 0 spiro atoms. The van der Waals surface area contributed by atoms with Crippen LogP contribution in [-0.4, -0.2) is 50.0 Å². The van der Waals surface area contributed by atoms with Gasteiger partial charge in [0.25, 0.3) is 0 Å². The predicted octanol–water partition coefficient (Wildman–Crippen LogP) is 4.93. The van der Waals surface area contributed by atoms with Crippen molar-refractivity contribution >= 4 is 50.7 Å². The van der Waals surface area contributed by atoms with Crippen LogP contribution in [0.2, 0.25) is 10.0 Å². The van der Waals surface area contributed by atoms with Crippen molar-refractivity contribution in [3.8, 4) is 0 Å². The maximum atomic E-state index is 13.6. The Kier molecular flexibility index (Phi) is 9.66. The average Bonchev–Trinajstić information content (AvgIpc) is 2.81. The molecule has 196 valence electrons. The number of aryl methyl sites for hydroxylation is 1. The quantitative estimate of drug-likeness (QED) is 0.476. The monoisotopic (exact) mass is 553 g/mol. The molecule has 1 N–H and O–H groups in total. The molecule has 1 atom stereocenters. The highest BCUT2D eigenvalue weighted by molar-refractivity contribution is 7.92. The fourth-order valence-electron chi connectivity index (χ4n) is 4.38. The number of anilines is 1. The number of carbonyl (C=O) groups is 2. The van der Waals surface area contributed by atoms with Crippen molar-refractivity contribution in [2.75, 3.05) is 17.1 Å². The zero-order chi connectivity index (χ0) is 26.5. The van der Waals surface area contributed by atoms with E-state index in [1.54, 1.807) is 43.3 Å². The molecule has 1 saturated carbocycles. The molecule has 2 aromatic rings. The minimum Gasteiger partial charge on any atom is -0.352 e. The van der Waals surface area contributed by atoms with Gasteiger partial charge < -0.3 is 10.2 Å². The zero-order valence-corrected chi connectivity index (χ0v) is 23.2. The number of benzene rings is 2. The third-order valence-electron chi connectivity index (χ3n) is 6.44. The van der Waals surface area contributed by atoms with Crippen molar-refractivity contribution in [1.82, 2.24) is 10.2 Å². The topological polar surface area (TPSA) is 86.8 Å². The van der Waals surface area contributed by atoms with Crippen LogP contribution in [0.25, 0.3) is 0 Å². The van der Waals surface area contributed by atoms with Gasteiger partial charge in [-0.3, -0.25) is 13.9 Å². The Hall–Kier alpha value is -2.29. The number of halogens is 2. The van der Waals surface area contributed by atoms with E-state index in [1.165, 1.54) is 4.90 Å². The Balaban J connectivity index is 1.90. The summed E-state index contributed by atoms with van der Waals surface area (Å²) in [7, 11) is -3.78. The van der Waals surface area contributed by atoms with Crippen molar-refractivity contribution in [3.05, 3.63) is 63.6 Å². The fraction of sp³-hybridized carbons (Fsp3) is 0.462. The Morgan fingerprint density at radius 2 is 1.78 bits per heavy atom. The second-order valence-corrected chi connectivity index (χ2v) is 12.1. The maximum Gasteiger partial charge on any atom is 0.244 e. The highest BCUT2D eigenvalue weighted by atomic mass is 35.5. The molecule has 36 heavy (non-hydrogen) atoms. The molecule has 0 unspecified atom stereocenters. The third kappa shape index (κ3) is 7.60. The molecule has 1 aliphatic carbocycles. The van der Waals surface area contributed by atoms with E-state index in [-0.39, 0.29) is 18.5 Å². The number of carbonyl (C=O) groups excluding carboxylic acids is 2. The molecule has 10 heteroatoms. The van der Waals surface area contributed by atoms with Gasteiger partial charge in [0, 0.05) is 22.6 Å². The van der Waals surface area contributed by atoms with Crippen LogP contribution in [0.1, 0.15) is 50.2 Å². The molecule has 3 rings (SSSR count). The van der Waals surface area contributed by atoms with Crippen molar-refractivity contribution < 1.29 is 18.0 Å². The standard InChI is InChI=1S/C26H33Cl2N3O4S/c1-18-8-7-11-23(14-18)31(36(3,34)35)17-25(32)30(16-20-12-13-21(27)15-24(20)28)19(2)26(33)29-22-9-5-4-6-10-22/h7-8,11-15,19,22H,4-6,9-10,16-17H2,1-3H3,(H,29,33)/t19-/m1/s1. The summed E-state index contributed by atoms with van der Waals surface area (Å²) in [6, 6.07) is 11.1. The van der Waals surface area contributed by atoms with Crippen LogP contribution >= 0.6 is 23.2 Å². The number of rotatable bonds is 9. The lowest BCUT2D eigenvalue weighted by atomic mass is 9.95. The highest BCUT2D eigenvalue weighted by Gasteiger charge is 2.31. The average molecular weight is 555 g/mol. The van der Waals surface area contributed by atoms with Crippen molar-refractivity contribution in [1.29, 1.82) is 0 Å². The largest absolute Gasteiger partial charge is 0.352 e. The van der Waals surface area contributed by atoms with Gasteiger partial charge in [0.1, 0.15) is 12.6 Å². The maximum absolute atomic E-state index is 13.6. The second kappa shape index (κ2) is 12.3. The normalized spacial score (nSPS) is 15.2. The summed E-state index contributed by atoms with van der Waals surface area (Å²) in [5, 5.41) is 3.88. The van der Waals surface area contributed by atoms with Crippen LogP contribution in [0.5, 0.6) is 0 Å². The van der Waals surface area contributed by atoms with Gasteiger partial charge in [-0.05, 0) is 62.1 Å². The van der Waals surface area contributed by atoms with Gasteiger partial charge in [-0.15, -0.1) is 0 Å². The molecule has 2 amide bonds. The lowest BCUT2D eigenvalue weighted by Gasteiger charge is -2.33. The molecular weight excluding hydrogens is 521 g/mol. The van der Waals surface area contributed by atoms with Gasteiger partial charge in [0.15, 0.2) is 0 Å². The van der Waals surface area contributed by atoms with E-state index in [1.807, 2.05) is 13.0 Å². The Labute approximate surface area is 223 Å². The van der Waals surface area contributed by atoms with E-state index in [9.17, 15) is 18.0 Å². The van der Waals surface area contributed by atoms with Gasteiger partial charge in [-0.1, -0.05) is 60.7 Å². The number of hydrogen-bond donors (Lipinski definition) is 1. The van der Waals surface area contributed by atoms with Gasteiger partial charge in [0.2, 0.25) is 21.8 Å². The molecule has 2 aromatic carbocycles. The molecule has 0 radical (unpaired) electrons. The summed E-state index contributed by atoms with van der Waals surface area (Å²) >= 11 is 12.4. The zero-order valence-electron chi connectivity index (χ0n) is 20.8. The number of amides is 2. The first kappa shape index (κ1) is 28.3. The number of hydrogen-bond acceptors (Lipinski definition) is 4. The van der Waals surface area contributed by atoms with Crippen molar-refractivity contribution in [2.45, 2.75) is 64.6 Å². The first-order chi connectivity index (χ1) is 17.0. The molecule has 0 aliphatic heterocycles. The van der Waals surface area contributed by atoms with Crippen LogP contribution in [0.15, 0.2) is 42.5 Å². The molecule has 7 nitrogen and oxygen atoms in total. The van der Waals surface area contributed by atoms with E-state index < -0.39 is 28.5 Å². The first-order valence-corrected chi connectivity index (χ1v) is 14.6. The van der Waals surface area contributed by atoms with E-state index in [2.05, 4.69) is 5.32 Å². The molecule has 0 saturated heterocycles. The third-order valence-corrected chi connectivity index (χ3v) is 8.17. The smallest absolute Gasteiger partial charge is 0.244 e. The molecule has 1 fully saturated rings. The lowest BCUT2D eigenvalue weighted by Crippen LogP contribution is -2.53. The summed E-state index contributed by atoms with van der Waals surface area (Å²) in [5.41, 5.74) is 1.85. The summed E-state index contributed by atoms with van der Waals surface area (Å²) < 4.78 is 26.4. The molecule has 0 bridgehead atoms. The van der Waals surface area contributed by atoms with Crippen LogP contribution in [0, 0.1) is 6.92 Å². The molecular formula is C26H33Cl2N3O4S. The van der Waals surface area contributed by atoms with Gasteiger partial charge in [-0.25, -0.2) is 8.42 Å². The van der Waals surface area contributed by atoms with Gasteiger partial charge in [-0.2, -0.15) is 0 Å². The van der Waals surface area contributed by atoms with Crippen molar-refractivity contribution in [2.24, 2.45) is 0 Å². The van der Waals surface area contributed by atoms with Crippen LogP contribution in [-0.2, 0) is 26.2 Å². The van der Waals surface area contributed by atoms with Crippen LogP contribution in [0.4, 0.5) is 5.69 Å². The minimum atomic E-state index is -3.78. The summed E-state index contributed by atoms with van der Waals surface area (Å²) in [4.78, 5) is 28.2. The number of sulfonamides is 1. The fourth-order valence-corrected chi connectivity index (χ4v) is 5.69. The molecule has 1 aliphatic rings. The SMILES string of the molecule is Cc1cccc(N(CC(=O)N(Cc2ccc(Cl)cc2Cl)[C@H](C)C(=O)NC2CCCCC2)S(C)(=O)=O)c1. The first-order valence-electron chi connectivity index (χ1n) is 12.0. The second-order valence-electron chi connectivity index (χ2n) is 9.39. The van der Waals surface area contributed by atoms with Gasteiger partial charge >= 0.3 is 0 Å². The van der Waals surface area contributed by atoms with Crippen molar-refractivity contribution in [3.63, 3.8) is 0 Å². The Morgan fingerprint density at radius 3 is 2.39 bits per heavy atom. The van der Waals surface area contributed by atoms with Crippen LogP contribution < -0.4 is 9.62 Å². The highest BCUT2D eigenvalue weighted by Crippen LogP contribution is 2.25. The number of nitrogens with zero attached hydrogens (tertiary/aromatic N) is 2. The predicted molar refractivity (Wildman–Crippen MR) is 145 cm³/mol.